The molecule has 3 rings (SSSR count). The van der Waals surface area contributed by atoms with Gasteiger partial charge in [0.2, 0.25) is 6.79 Å². The second kappa shape index (κ2) is 13.1. The summed E-state index contributed by atoms with van der Waals surface area (Å²) in [4.78, 5) is 6.78. The number of piperidine rings is 1. The van der Waals surface area contributed by atoms with E-state index in [1.165, 1.54) is 31.9 Å². The predicted octanol–water partition coefficient (Wildman–Crippen LogP) is 3.95. The number of ether oxygens (including phenoxy) is 3. The zero-order chi connectivity index (χ0) is 21.3. The Kier molecular flexibility index (Phi) is 10.9. The van der Waals surface area contributed by atoms with Gasteiger partial charge in [0.05, 0.1) is 0 Å². The van der Waals surface area contributed by atoms with Crippen LogP contribution in [0.15, 0.2) is 17.1 Å². The van der Waals surface area contributed by atoms with Crippen molar-refractivity contribution in [3.05, 3.63) is 17.7 Å². The zero-order valence-corrected chi connectivity index (χ0v) is 20.5. The van der Waals surface area contributed by atoms with E-state index in [1.807, 2.05) is 0 Å². The molecule has 31 heavy (non-hydrogen) atoms. The van der Waals surface area contributed by atoms with E-state index in [9.17, 15) is 8.78 Å². The Morgan fingerprint density at radius 2 is 2.00 bits per heavy atom. The number of guanidine groups is 1. The summed E-state index contributed by atoms with van der Waals surface area (Å²) in [7, 11) is 1.68. The normalized spacial score (nSPS) is 18.6. The molecule has 2 N–H and O–H groups in total. The molecule has 2 aliphatic rings. The number of rotatable bonds is 9. The number of unbranched alkanes of at least 4 members (excludes halogenated alkanes) is 1. The lowest BCUT2D eigenvalue weighted by Crippen LogP contribution is -2.39. The quantitative estimate of drug-likeness (QED) is 0.209. The number of aliphatic imine (C=N–C) groups is 1. The summed E-state index contributed by atoms with van der Waals surface area (Å²) >= 11 is 0. The molecule has 2 heterocycles. The average molecular weight is 554 g/mol. The fourth-order valence-electron chi connectivity index (χ4n) is 3.85. The number of fused-ring (bicyclic) bond motifs is 1. The van der Waals surface area contributed by atoms with Crippen molar-refractivity contribution in [1.29, 1.82) is 0 Å². The number of halogens is 3. The zero-order valence-electron chi connectivity index (χ0n) is 18.2. The number of hydrogen-bond acceptors (Lipinski definition) is 5. The van der Waals surface area contributed by atoms with Crippen molar-refractivity contribution in [3.8, 4) is 17.2 Å². The molecular formula is C21H33F2IN4O3. The maximum absolute atomic E-state index is 12.8. The molecule has 0 saturated carbocycles. The standard InChI is InChI=1S/C21H32F2N4O3.HI/c1-15-7-3-5-9-27(15)10-6-4-8-25-21(24-2)26-13-16-11-18-19(29-14-28-18)12-17(16)30-20(22)23;/h11-12,15,20H,3-10,13-14H2,1-2H3,(H2,24,25,26);1H. The number of benzene rings is 1. The number of nitrogens with zero attached hydrogens (tertiary/aromatic N) is 2. The van der Waals surface area contributed by atoms with Crippen LogP contribution in [-0.4, -0.2) is 57.0 Å². The summed E-state index contributed by atoms with van der Waals surface area (Å²) in [5.74, 6) is 1.60. The first-order valence-corrected chi connectivity index (χ1v) is 10.6. The van der Waals surface area contributed by atoms with Crippen molar-refractivity contribution in [2.45, 2.75) is 58.2 Å². The second-order valence-corrected chi connectivity index (χ2v) is 7.63. The highest BCUT2D eigenvalue weighted by Gasteiger charge is 2.20. The number of alkyl halides is 2. The minimum Gasteiger partial charge on any atom is -0.454 e. The first-order valence-electron chi connectivity index (χ1n) is 10.6. The van der Waals surface area contributed by atoms with E-state index < -0.39 is 6.61 Å². The van der Waals surface area contributed by atoms with Gasteiger partial charge in [0, 0.05) is 37.8 Å². The fraction of sp³-hybridized carbons (Fsp3) is 0.667. The van der Waals surface area contributed by atoms with Crippen LogP contribution in [0.2, 0.25) is 0 Å². The molecule has 7 nitrogen and oxygen atoms in total. The Bertz CT molecular complexity index is 724. The summed E-state index contributed by atoms with van der Waals surface area (Å²) in [5, 5.41) is 6.42. The third kappa shape index (κ3) is 7.81. The Morgan fingerprint density at radius 1 is 1.23 bits per heavy atom. The monoisotopic (exact) mass is 554 g/mol. The predicted molar refractivity (Wildman–Crippen MR) is 127 cm³/mol. The summed E-state index contributed by atoms with van der Waals surface area (Å²) in [6, 6.07) is 3.77. The van der Waals surface area contributed by atoms with E-state index in [1.54, 1.807) is 13.1 Å². The topological polar surface area (TPSA) is 67.4 Å². The van der Waals surface area contributed by atoms with Gasteiger partial charge in [0.1, 0.15) is 5.75 Å². The third-order valence-corrected chi connectivity index (χ3v) is 5.55. The lowest BCUT2D eigenvalue weighted by atomic mass is 10.0. The molecule has 0 aliphatic carbocycles. The van der Waals surface area contributed by atoms with Crippen LogP contribution in [0.5, 0.6) is 17.2 Å². The maximum atomic E-state index is 12.8. The van der Waals surface area contributed by atoms with Crippen LogP contribution in [0, 0.1) is 0 Å². The van der Waals surface area contributed by atoms with Crippen LogP contribution in [0.4, 0.5) is 8.78 Å². The van der Waals surface area contributed by atoms with Crippen molar-refractivity contribution in [3.63, 3.8) is 0 Å². The van der Waals surface area contributed by atoms with Gasteiger partial charge in [0.15, 0.2) is 17.5 Å². The molecule has 1 unspecified atom stereocenters. The fourth-order valence-corrected chi connectivity index (χ4v) is 3.85. The van der Waals surface area contributed by atoms with E-state index in [4.69, 9.17) is 9.47 Å². The summed E-state index contributed by atoms with van der Waals surface area (Å²) in [6.07, 6.45) is 6.10. The Labute approximate surface area is 199 Å². The Hall–Kier alpha value is -1.56. The minimum atomic E-state index is -2.91. The molecule has 2 aliphatic heterocycles. The van der Waals surface area contributed by atoms with Crippen LogP contribution >= 0.6 is 24.0 Å². The molecule has 0 radical (unpaired) electrons. The van der Waals surface area contributed by atoms with Gasteiger partial charge in [0.25, 0.3) is 0 Å². The average Bonchev–Trinajstić information content (AvgIpc) is 3.18. The van der Waals surface area contributed by atoms with E-state index >= 15 is 0 Å². The lowest BCUT2D eigenvalue weighted by Gasteiger charge is -2.33. The van der Waals surface area contributed by atoms with Gasteiger partial charge >= 0.3 is 6.61 Å². The summed E-state index contributed by atoms with van der Waals surface area (Å²) in [6.45, 7) is 2.86. The SMILES string of the molecule is CN=C(NCCCCN1CCCCC1C)NCc1cc2c(cc1OC(F)F)OCO2.I. The third-order valence-electron chi connectivity index (χ3n) is 5.55. The van der Waals surface area contributed by atoms with Gasteiger partial charge in [-0.1, -0.05) is 6.42 Å². The molecule has 10 heteroatoms. The molecule has 1 saturated heterocycles. The van der Waals surface area contributed by atoms with Crippen LogP contribution in [-0.2, 0) is 6.54 Å². The molecular weight excluding hydrogens is 521 g/mol. The molecule has 0 spiro atoms. The molecule has 1 fully saturated rings. The molecule has 0 amide bonds. The lowest BCUT2D eigenvalue weighted by molar-refractivity contribution is -0.0505. The van der Waals surface area contributed by atoms with Crippen molar-refractivity contribution in [2.75, 3.05) is 33.5 Å². The first kappa shape index (κ1) is 25.7. The smallest absolute Gasteiger partial charge is 0.387 e. The number of likely N-dealkylation sites (tertiary alicyclic amines) is 1. The molecule has 1 aromatic rings. The van der Waals surface area contributed by atoms with Crippen LogP contribution in [0.25, 0.3) is 0 Å². The van der Waals surface area contributed by atoms with E-state index in [2.05, 4.69) is 32.2 Å². The highest BCUT2D eigenvalue weighted by molar-refractivity contribution is 14.0. The van der Waals surface area contributed by atoms with Gasteiger partial charge in [-0.15, -0.1) is 24.0 Å². The van der Waals surface area contributed by atoms with E-state index in [0.29, 0.717) is 29.1 Å². The van der Waals surface area contributed by atoms with Crippen molar-refractivity contribution < 1.29 is 23.0 Å². The molecule has 176 valence electrons. The Balaban J connectivity index is 0.00000341. The van der Waals surface area contributed by atoms with E-state index in [-0.39, 0.29) is 43.1 Å². The maximum Gasteiger partial charge on any atom is 0.387 e. The molecule has 1 atom stereocenters. The van der Waals surface area contributed by atoms with E-state index in [0.717, 1.165) is 25.9 Å². The van der Waals surface area contributed by atoms with Gasteiger partial charge in [-0.05, 0) is 51.8 Å². The van der Waals surface area contributed by atoms with Gasteiger partial charge < -0.3 is 29.7 Å². The Morgan fingerprint density at radius 3 is 2.71 bits per heavy atom. The van der Waals surface area contributed by atoms with Crippen molar-refractivity contribution >= 4 is 29.9 Å². The molecule has 1 aromatic carbocycles. The molecule has 0 aromatic heterocycles. The van der Waals surface area contributed by atoms with Crippen LogP contribution < -0.4 is 24.8 Å². The van der Waals surface area contributed by atoms with Gasteiger partial charge in [-0.2, -0.15) is 8.78 Å². The van der Waals surface area contributed by atoms with Crippen molar-refractivity contribution in [1.82, 2.24) is 15.5 Å². The van der Waals surface area contributed by atoms with Crippen molar-refractivity contribution in [2.24, 2.45) is 4.99 Å². The number of nitrogens with one attached hydrogen (secondary N) is 2. The molecule has 0 bridgehead atoms. The minimum absolute atomic E-state index is 0. The highest BCUT2D eigenvalue weighted by atomic mass is 127. The summed E-state index contributed by atoms with van der Waals surface area (Å²) < 4.78 is 40.7. The highest BCUT2D eigenvalue weighted by Crippen LogP contribution is 2.38. The largest absolute Gasteiger partial charge is 0.454 e. The first-order chi connectivity index (χ1) is 14.6. The summed E-state index contributed by atoms with van der Waals surface area (Å²) in [5.41, 5.74) is 0.543. The number of hydrogen-bond donors (Lipinski definition) is 2. The van der Waals surface area contributed by atoms with Crippen LogP contribution in [0.1, 0.15) is 44.6 Å². The van der Waals surface area contributed by atoms with Gasteiger partial charge in [-0.3, -0.25) is 4.99 Å². The van der Waals surface area contributed by atoms with Gasteiger partial charge in [-0.25, -0.2) is 0 Å². The van der Waals surface area contributed by atoms with Crippen LogP contribution in [0.3, 0.4) is 0 Å². The second-order valence-electron chi connectivity index (χ2n) is 7.63.